The minimum atomic E-state index is -0.752. The summed E-state index contributed by atoms with van der Waals surface area (Å²) in [6.45, 7) is 6.51. The Morgan fingerprint density at radius 3 is 2.58 bits per heavy atom. The number of terminal acetylenes is 1. The average Bonchev–Trinajstić information content (AvgIpc) is 2.25. The van der Waals surface area contributed by atoms with Gasteiger partial charge in [0, 0.05) is 12.3 Å². The molecule has 0 aliphatic heterocycles. The van der Waals surface area contributed by atoms with Crippen LogP contribution in [0.1, 0.15) is 46.5 Å². The lowest BCUT2D eigenvalue weighted by molar-refractivity contribution is -0.132. The third-order valence-corrected chi connectivity index (χ3v) is 3.74. The summed E-state index contributed by atoms with van der Waals surface area (Å²) in [5.74, 6) is 2.15. The molecule has 3 N–H and O–H groups in total. The van der Waals surface area contributed by atoms with E-state index < -0.39 is 11.9 Å². The Balaban J connectivity index is 2.67. The van der Waals surface area contributed by atoms with Crippen LogP contribution >= 0.6 is 0 Å². The van der Waals surface area contributed by atoms with Crippen molar-refractivity contribution in [3.05, 3.63) is 0 Å². The van der Waals surface area contributed by atoms with E-state index in [1.54, 1.807) is 0 Å². The molecule has 1 saturated carbocycles. The predicted octanol–water partition coefficient (Wildman–Crippen LogP) is 1.44. The Hall–Kier alpha value is -1.50. The molecule has 0 heterocycles. The highest BCUT2D eigenvalue weighted by molar-refractivity contribution is 5.87. The summed E-state index contributed by atoms with van der Waals surface area (Å²) < 4.78 is 0. The second-order valence-electron chi connectivity index (χ2n) is 6.48. The molecule has 1 rings (SSSR count). The zero-order chi connectivity index (χ0) is 14.6. The van der Waals surface area contributed by atoms with E-state index in [4.69, 9.17) is 12.2 Å². The van der Waals surface area contributed by atoms with Gasteiger partial charge >= 0.3 is 0 Å². The molecule has 0 aromatic heterocycles. The fourth-order valence-electron chi connectivity index (χ4n) is 3.18. The Kier molecular flexibility index (Phi) is 4.99. The largest absolute Gasteiger partial charge is 0.368 e. The summed E-state index contributed by atoms with van der Waals surface area (Å²) >= 11 is 0. The molecule has 3 atom stereocenters. The van der Waals surface area contributed by atoms with Crippen molar-refractivity contribution in [3.8, 4) is 12.3 Å². The van der Waals surface area contributed by atoms with Crippen molar-refractivity contribution in [2.24, 2.45) is 23.0 Å². The smallest absolute Gasteiger partial charge is 0.240 e. The normalized spacial score (nSPS) is 27.1. The van der Waals surface area contributed by atoms with E-state index in [2.05, 4.69) is 32.0 Å². The molecule has 0 aromatic rings. The van der Waals surface area contributed by atoms with Gasteiger partial charge in [-0.2, -0.15) is 0 Å². The van der Waals surface area contributed by atoms with Crippen LogP contribution < -0.4 is 11.1 Å². The molecule has 0 aromatic carbocycles. The average molecular weight is 264 g/mol. The van der Waals surface area contributed by atoms with E-state index in [0.717, 1.165) is 19.3 Å². The fraction of sp³-hybridized carbons (Fsp3) is 0.733. The van der Waals surface area contributed by atoms with Gasteiger partial charge < -0.3 is 11.1 Å². The summed E-state index contributed by atoms with van der Waals surface area (Å²) in [5.41, 5.74) is 5.39. The number of nitrogens with two attached hydrogens (primary N) is 1. The molecule has 1 aliphatic carbocycles. The van der Waals surface area contributed by atoms with E-state index in [9.17, 15) is 9.59 Å². The molecule has 106 valence electrons. The van der Waals surface area contributed by atoms with Gasteiger partial charge in [-0.25, -0.2) is 0 Å². The molecule has 0 bridgehead atoms. The fourth-order valence-corrected chi connectivity index (χ4v) is 3.18. The molecular weight excluding hydrogens is 240 g/mol. The lowest BCUT2D eigenvalue weighted by atomic mass is 9.68. The van der Waals surface area contributed by atoms with Crippen molar-refractivity contribution in [1.29, 1.82) is 0 Å². The van der Waals surface area contributed by atoms with Crippen LogP contribution in [-0.4, -0.2) is 17.9 Å². The Bertz CT molecular complexity index is 395. The van der Waals surface area contributed by atoms with Crippen LogP contribution in [-0.2, 0) is 9.59 Å². The lowest BCUT2D eigenvalue weighted by Gasteiger charge is -2.38. The van der Waals surface area contributed by atoms with E-state index >= 15 is 0 Å². The van der Waals surface area contributed by atoms with Crippen molar-refractivity contribution in [3.63, 3.8) is 0 Å². The Morgan fingerprint density at radius 2 is 2.11 bits per heavy atom. The maximum atomic E-state index is 12.2. The molecular formula is C15H24N2O2. The van der Waals surface area contributed by atoms with Gasteiger partial charge in [0.05, 0.1) is 0 Å². The van der Waals surface area contributed by atoms with Crippen LogP contribution in [0.2, 0.25) is 0 Å². The van der Waals surface area contributed by atoms with E-state index in [1.807, 2.05) is 0 Å². The summed E-state index contributed by atoms with van der Waals surface area (Å²) in [6, 6.07) is -0.752. The molecule has 19 heavy (non-hydrogen) atoms. The maximum Gasteiger partial charge on any atom is 0.240 e. The van der Waals surface area contributed by atoms with Gasteiger partial charge in [-0.1, -0.05) is 20.8 Å². The second-order valence-corrected chi connectivity index (χ2v) is 6.48. The van der Waals surface area contributed by atoms with Gasteiger partial charge in [0.2, 0.25) is 11.8 Å². The van der Waals surface area contributed by atoms with Crippen molar-refractivity contribution in [1.82, 2.24) is 5.32 Å². The highest BCUT2D eigenvalue weighted by atomic mass is 16.2. The van der Waals surface area contributed by atoms with Crippen LogP contribution in [0.25, 0.3) is 0 Å². The number of amides is 2. The first-order chi connectivity index (χ1) is 8.75. The third-order valence-electron chi connectivity index (χ3n) is 3.74. The van der Waals surface area contributed by atoms with Crippen LogP contribution in [0.5, 0.6) is 0 Å². The number of hydrogen-bond donors (Lipinski definition) is 2. The predicted molar refractivity (Wildman–Crippen MR) is 74.9 cm³/mol. The van der Waals surface area contributed by atoms with Crippen LogP contribution in [0, 0.1) is 29.6 Å². The molecule has 1 aliphatic rings. The molecule has 0 radical (unpaired) electrons. The highest BCUT2D eigenvalue weighted by Crippen LogP contribution is 2.41. The molecule has 0 unspecified atom stereocenters. The van der Waals surface area contributed by atoms with Crippen molar-refractivity contribution < 1.29 is 9.59 Å². The van der Waals surface area contributed by atoms with Crippen LogP contribution in [0.3, 0.4) is 0 Å². The second kappa shape index (κ2) is 6.10. The lowest BCUT2D eigenvalue weighted by Crippen LogP contribution is -2.48. The van der Waals surface area contributed by atoms with Crippen molar-refractivity contribution in [2.45, 2.75) is 52.5 Å². The zero-order valence-corrected chi connectivity index (χ0v) is 12.0. The maximum absolute atomic E-state index is 12.2. The standard InChI is InChI=1S/C15H24N2O2/c1-5-6-12(13(16)18)17-14(19)11-7-10(2)8-15(3,4)9-11/h1,10-12H,6-9H2,2-4H3,(H2,16,18)(H,17,19)/t10-,11+,12-/m0/s1. The molecule has 0 spiro atoms. The van der Waals surface area contributed by atoms with Gasteiger partial charge in [0.25, 0.3) is 0 Å². The summed E-state index contributed by atoms with van der Waals surface area (Å²) in [7, 11) is 0. The first-order valence-corrected chi connectivity index (χ1v) is 6.78. The minimum Gasteiger partial charge on any atom is -0.368 e. The number of hydrogen-bond acceptors (Lipinski definition) is 2. The molecule has 4 nitrogen and oxygen atoms in total. The zero-order valence-electron chi connectivity index (χ0n) is 12.0. The van der Waals surface area contributed by atoms with Crippen LogP contribution in [0.4, 0.5) is 0 Å². The number of nitrogens with one attached hydrogen (secondary N) is 1. The number of primary amides is 1. The van der Waals surface area contributed by atoms with Gasteiger partial charge in [0.1, 0.15) is 6.04 Å². The number of carbonyl (C=O) groups is 2. The van der Waals surface area contributed by atoms with E-state index in [-0.39, 0.29) is 23.7 Å². The molecule has 1 fully saturated rings. The van der Waals surface area contributed by atoms with Gasteiger partial charge in [-0.3, -0.25) is 9.59 Å². The third kappa shape index (κ3) is 4.59. The van der Waals surface area contributed by atoms with Gasteiger partial charge in [0.15, 0.2) is 0 Å². The van der Waals surface area contributed by atoms with Crippen molar-refractivity contribution in [2.75, 3.05) is 0 Å². The van der Waals surface area contributed by atoms with E-state index in [0.29, 0.717) is 5.92 Å². The quantitative estimate of drug-likeness (QED) is 0.754. The monoisotopic (exact) mass is 264 g/mol. The summed E-state index contributed by atoms with van der Waals surface area (Å²) in [6.07, 6.45) is 8.14. The highest BCUT2D eigenvalue weighted by Gasteiger charge is 2.36. The summed E-state index contributed by atoms with van der Waals surface area (Å²) in [5, 5.41) is 2.69. The molecule has 2 amide bonds. The number of carbonyl (C=O) groups excluding carboxylic acids is 2. The molecule has 0 saturated heterocycles. The molecule has 4 heteroatoms. The first kappa shape index (κ1) is 15.6. The first-order valence-electron chi connectivity index (χ1n) is 6.78. The number of rotatable bonds is 4. The Labute approximate surface area is 115 Å². The van der Waals surface area contributed by atoms with E-state index in [1.165, 1.54) is 0 Å². The van der Waals surface area contributed by atoms with Gasteiger partial charge in [-0.05, 0) is 30.6 Å². The Morgan fingerprint density at radius 1 is 1.47 bits per heavy atom. The van der Waals surface area contributed by atoms with Gasteiger partial charge in [-0.15, -0.1) is 12.3 Å². The minimum absolute atomic E-state index is 0.0571. The van der Waals surface area contributed by atoms with Crippen molar-refractivity contribution >= 4 is 11.8 Å². The summed E-state index contributed by atoms with van der Waals surface area (Å²) in [4.78, 5) is 23.4. The topological polar surface area (TPSA) is 72.2 Å². The van der Waals surface area contributed by atoms with Crippen LogP contribution in [0.15, 0.2) is 0 Å². The SMILES string of the molecule is C#CC[C@H](NC(=O)[C@@H]1C[C@H](C)CC(C)(C)C1)C(N)=O.